The van der Waals surface area contributed by atoms with Gasteiger partial charge in [0.2, 0.25) is 5.88 Å². The van der Waals surface area contributed by atoms with Gasteiger partial charge in [0.1, 0.15) is 5.82 Å². The lowest BCUT2D eigenvalue weighted by atomic mass is 10.1. The molecule has 0 amide bonds. The highest BCUT2D eigenvalue weighted by molar-refractivity contribution is 7.98. The van der Waals surface area contributed by atoms with Crippen LogP contribution in [0.5, 0.6) is 5.88 Å². The summed E-state index contributed by atoms with van der Waals surface area (Å²) in [5.41, 5.74) is 2.29. The van der Waals surface area contributed by atoms with E-state index >= 15 is 0 Å². The van der Waals surface area contributed by atoms with Crippen LogP contribution in [-0.4, -0.2) is 35.5 Å². The Morgan fingerprint density at radius 2 is 2.17 bits per heavy atom. The van der Waals surface area contributed by atoms with E-state index in [0.717, 1.165) is 6.42 Å². The van der Waals surface area contributed by atoms with E-state index in [4.69, 9.17) is 15.3 Å². The van der Waals surface area contributed by atoms with Crippen molar-refractivity contribution in [1.82, 2.24) is 9.97 Å². The second-order valence-electron chi connectivity index (χ2n) is 4.28. The number of ether oxygens (including phenoxy) is 2. The van der Waals surface area contributed by atoms with Gasteiger partial charge < -0.3 is 14.9 Å². The second kappa shape index (κ2) is 6.77. The quantitative estimate of drug-likeness (QED) is 0.338. The van der Waals surface area contributed by atoms with Crippen molar-refractivity contribution in [3.8, 4) is 5.88 Å². The molecule has 0 bridgehead atoms. The summed E-state index contributed by atoms with van der Waals surface area (Å²) in [5.74, 6) is 6.38. The van der Waals surface area contributed by atoms with Gasteiger partial charge in [0.25, 0.3) is 0 Å². The zero-order valence-corrected chi connectivity index (χ0v) is 12.0. The van der Waals surface area contributed by atoms with Crippen LogP contribution in [0.2, 0.25) is 0 Å². The van der Waals surface area contributed by atoms with Crippen molar-refractivity contribution in [2.75, 3.05) is 25.4 Å². The molecule has 1 rings (SSSR count). The average molecular weight is 272 g/mol. The molecule has 102 valence electrons. The molecule has 6 nitrogen and oxygen atoms in total. The summed E-state index contributed by atoms with van der Waals surface area (Å²) >= 11 is 1.43. The summed E-state index contributed by atoms with van der Waals surface area (Å²) in [6.45, 7) is 4.54. The Hall–Kier alpha value is -1.05. The Bertz CT molecular complexity index is 365. The van der Waals surface area contributed by atoms with Crippen LogP contribution in [0.4, 0.5) is 5.82 Å². The molecular formula is C11H20N4O2S. The zero-order chi connectivity index (χ0) is 13.6. The fourth-order valence-corrected chi connectivity index (χ4v) is 1.52. The van der Waals surface area contributed by atoms with Crippen molar-refractivity contribution in [3.05, 3.63) is 6.07 Å². The van der Waals surface area contributed by atoms with E-state index in [1.54, 1.807) is 13.2 Å². The van der Waals surface area contributed by atoms with Crippen LogP contribution in [0.25, 0.3) is 0 Å². The van der Waals surface area contributed by atoms with E-state index in [1.807, 2.05) is 20.1 Å². The molecule has 0 aliphatic heterocycles. The molecule has 0 spiro atoms. The molecule has 0 aromatic carbocycles. The molecule has 0 saturated carbocycles. The van der Waals surface area contributed by atoms with E-state index in [1.165, 1.54) is 11.8 Å². The fraction of sp³-hybridized carbons (Fsp3) is 0.636. The molecule has 3 N–H and O–H groups in total. The Labute approximate surface area is 112 Å². The van der Waals surface area contributed by atoms with E-state index in [9.17, 15) is 0 Å². The number of thioether (sulfide) groups is 1. The Morgan fingerprint density at radius 1 is 1.44 bits per heavy atom. The van der Waals surface area contributed by atoms with Gasteiger partial charge >= 0.3 is 0 Å². The first-order valence-electron chi connectivity index (χ1n) is 5.58. The van der Waals surface area contributed by atoms with Crippen LogP contribution < -0.4 is 16.0 Å². The van der Waals surface area contributed by atoms with Gasteiger partial charge in [-0.15, -0.1) is 0 Å². The van der Waals surface area contributed by atoms with Gasteiger partial charge in [0, 0.05) is 19.6 Å². The van der Waals surface area contributed by atoms with Crippen LogP contribution in [-0.2, 0) is 4.74 Å². The number of anilines is 1. The maximum absolute atomic E-state index is 5.59. The smallest absolute Gasteiger partial charge is 0.219 e. The summed E-state index contributed by atoms with van der Waals surface area (Å²) in [7, 11) is 1.69. The van der Waals surface area contributed by atoms with Crippen molar-refractivity contribution < 1.29 is 9.47 Å². The van der Waals surface area contributed by atoms with E-state index in [0.29, 0.717) is 23.5 Å². The lowest BCUT2D eigenvalue weighted by Gasteiger charge is -2.22. The standard InChI is InChI=1S/C11H20N4O2S/c1-11(2,16-3)5-6-17-9-7-8(15-12)13-10(14-9)18-4/h7H,5-6,12H2,1-4H3,(H,13,14,15). The first-order valence-corrected chi connectivity index (χ1v) is 6.81. The first-order chi connectivity index (χ1) is 8.50. The number of aromatic nitrogens is 2. The fourth-order valence-electron chi connectivity index (χ4n) is 1.15. The number of nitrogen functional groups attached to an aromatic ring is 1. The Morgan fingerprint density at radius 3 is 2.72 bits per heavy atom. The normalized spacial score (nSPS) is 11.4. The number of hydrazine groups is 1. The molecule has 1 aromatic rings. The highest BCUT2D eigenvalue weighted by atomic mass is 32.2. The summed E-state index contributed by atoms with van der Waals surface area (Å²) in [6, 6.07) is 1.67. The van der Waals surface area contributed by atoms with Crippen LogP contribution in [0.1, 0.15) is 20.3 Å². The molecule has 0 aliphatic carbocycles. The van der Waals surface area contributed by atoms with Crippen molar-refractivity contribution in [2.24, 2.45) is 5.84 Å². The van der Waals surface area contributed by atoms with Crippen molar-refractivity contribution in [3.63, 3.8) is 0 Å². The molecular weight excluding hydrogens is 252 g/mol. The molecule has 18 heavy (non-hydrogen) atoms. The number of nitrogens with one attached hydrogen (secondary N) is 1. The van der Waals surface area contributed by atoms with E-state index in [2.05, 4.69) is 15.4 Å². The van der Waals surface area contributed by atoms with Crippen LogP contribution in [0.3, 0.4) is 0 Å². The molecule has 1 heterocycles. The highest BCUT2D eigenvalue weighted by Gasteiger charge is 2.16. The Balaban J connectivity index is 2.61. The number of nitrogens with two attached hydrogens (primary N) is 1. The topological polar surface area (TPSA) is 82.3 Å². The summed E-state index contributed by atoms with van der Waals surface area (Å²) in [5, 5.41) is 0.617. The van der Waals surface area contributed by atoms with Gasteiger partial charge in [-0.1, -0.05) is 11.8 Å². The van der Waals surface area contributed by atoms with Crippen molar-refractivity contribution in [2.45, 2.75) is 31.0 Å². The highest BCUT2D eigenvalue weighted by Crippen LogP contribution is 2.19. The average Bonchev–Trinajstić information content (AvgIpc) is 2.38. The lowest BCUT2D eigenvalue weighted by Crippen LogP contribution is -2.25. The third kappa shape index (κ3) is 4.67. The molecule has 0 radical (unpaired) electrons. The summed E-state index contributed by atoms with van der Waals surface area (Å²) in [6.07, 6.45) is 2.67. The van der Waals surface area contributed by atoms with E-state index in [-0.39, 0.29) is 5.60 Å². The molecule has 0 saturated heterocycles. The summed E-state index contributed by atoms with van der Waals surface area (Å²) in [4.78, 5) is 8.39. The van der Waals surface area contributed by atoms with Crippen LogP contribution >= 0.6 is 11.8 Å². The number of rotatable bonds is 7. The van der Waals surface area contributed by atoms with Crippen molar-refractivity contribution in [1.29, 1.82) is 0 Å². The van der Waals surface area contributed by atoms with Gasteiger partial charge in [0.15, 0.2) is 5.16 Å². The molecule has 0 unspecified atom stereocenters. The third-order valence-electron chi connectivity index (χ3n) is 2.52. The second-order valence-corrected chi connectivity index (χ2v) is 5.06. The van der Waals surface area contributed by atoms with Crippen LogP contribution in [0.15, 0.2) is 11.2 Å². The maximum atomic E-state index is 5.59. The summed E-state index contributed by atoms with van der Waals surface area (Å²) < 4.78 is 10.9. The molecule has 0 fully saturated rings. The first kappa shape index (κ1) is 15.0. The maximum Gasteiger partial charge on any atom is 0.219 e. The van der Waals surface area contributed by atoms with Gasteiger partial charge in [-0.3, -0.25) is 0 Å². The van der Waals surface area contributed by atoms with Crippen molar-refractivity contribution >= 4 is 17.6 Å². The SMILES string of the molecule is COC(C)(C)CCOc1cc(NN)nc(SC)n1. The minimum absolute atomic E-state index is 0.204. The van der Waals surface area contributed by atoms with Gasteiger partial charge in [-0.25, -0.2) is 10.8 Å². The third-order valence-corrected chi connectivity index (χ3v) is 3.07. The van der Waals surface area contributed by atoms with Crippen LogP contribution in [0, 0.1) is 0 Å². The zero-order valence-electron chi connectivity index (χ0n) is 11.2. The lowest BCUT2D eigenvalue weighted by molar-refractivity contribution is 0.00503. The number of hydrogen-bond donors (Lipinski definition) is 2. The predicted molar refractivity (Wildman–Crippen MR) is 72.8 cm³/mol. The minimum atomic E-state index is -0.204. The molecule has 1 aromatic heterocycles. The Kier molecular flexibility index (Phi) is 5.64. The monoisotopic (exact) mass is 272 g/mol. The molecule has 0 atom stereocenters. The number of methoxy groups -OCH3 is 1. The predicted octanol–water partition coefficient (Wildman–Crippen LogP) is 1.68. The van der Waals surface area contributed by atoms with Gasteiger partial charge in [0.05, 0.1) is 12.2 Å². The molecule has 0 aliphatic rings. The number of hydrogen-bond acceptors (Lipinski definition) is 7. The van der Waals surface area contributed by atoms with Gasteiger partial charge in [-0.2, -0.15) is 4.98 Å². The largest absolute Gasteiger partial charge is 0.477 e. The molecule has 7 heteroatoms. The number of nitrogens with zero attached hydrogens (tertiary/aromatic N) is 2. The van der Waals surface area contributed by atoms with E-state index < -0.39 is 0 Å². The van der Waals surface area contributed by atoms with Gasteiger partial charge in [-0.05, 0) is 20.1 Å². The minimum Gasteiger partial charge on any atom is -0.477 e.